The fraction of sp³-hybridized carbons (Fsp3) is 0.458. The van der Waals surface area contributed by atoms with E-state index in [1.807, 2.05) is 0 Å². The van der Waals surface area contributed by atoms with Gasteiger partial charge in [0.25, 0.3) is 0 Å². The second-order valence-corrected chi connectivity index (χ2v) is 7.95. The highest BCUT2D eigenvalue weighted by molar-refractivity contribution is 14.0. The lowest BCUT2D eigenvalue weighted by Gasteiger charge is -2.38. The zero-order valence-corrected chi connectivity index (χ0v) is 21.6. The van der Waals surface area contributed by atoms with Crippen molar-refractivity contribution in [2.24, 2.45) is 4.99 Å². The lowest BCUT2D eigenvalue weighted by atomic mass is 9.97. The number of hydrogen-bond acceptors (Lipinski definition) is 5. The largest absolute Gasteiger partial charge is 0.502 e. The van der Waals surface area contributed by atoms with E-state index in [9.17, 15) is 5.11 Å². The summed E-state index contributed by atoms with van der Waals surface area (Å²) in [4.78, 5) is 6.92. The molecule has 1 aliphatic heterocycles. The molecule has 0 aliphatic carbocycles. The lowest BCUT2D eigenvalue weighted by molar-refractivity contribution is 0.134. The molecule has 2 atom stereocenters. The number of phenolic OH excluding ortho intramolecular Hbond substituents is 1. The van der Waals surface area contributed by atoms with Gasteiger partial charge in [-0.15, -0.1) is 24.0 Å². The van der Waals surface area contributed by atoms with Crippen LogP contribution in [0.15, 0.2) is 47.5 Å². The molecule has 0 spiro atoms. The highest BCUT2D eigenvalue weighted by Crippen LogP contribution is 2.37. The highest BCUT2D eigenvalue weighted by Gasteiger charge is 2.26. The number of phenols is 1. The van der Waals surface area contributed by atoms with E-state index < -0.39 is 0 Å². The molecule has 32 heavy (non-hydrogen) atoms. The summed E-state index contributed by atoms with van der Waals surface area (Å²) < 4.78 is 10.5. The molecule has 0 aromatic heterocycles. The summed E-state index contributed by atoms with van der Waals surface area (Å²) in [5, 5.41) is 17.0. The Morgan fingerprint density at radius 3 is 2.34 bits per heavy atom. The first-order chi connectivity index (χ1) is 15.0. The number of piperidine rings is 1. The van der Waals surface area contributed by atoms with Crippen LogP contribution >= 0.6 is 24.0 Å². The van der Waals surface area contributed by atoms with E-state index in [0.29, 0.717) is 30.1 Å². The number of aromatic hydroxyl groups is 1. The monoisotopic (exact) mass is 554 g/mol. The van der Waals surface area contributed by atoms with Crippen LogP contribution in [0.1, 0.15) is 30.9 Å². The van der Waals surface area contributed by atoms with Gasteiger partial charge in [0.05, 0.1) is 14.2 Å². The second-order valence-electron chi connectivity index (χ2n) is 7.95. The predicted octanol–water partition coefficient (Wildman–Crippen LogP) is 3.75. The predicted molar refractivity (Wildman–Crippen MR) is 139 cm³/mol. The van der Waals surface area contributed by atoms with Gasteiger partial charge in [0.2, 0.25) is 5.75 Å². The Bertz CT molecular complexity index is 854. The Hall–Kier alpha value is -2.20. The maximum absolute atomic E-state index is 10.1. The summed E-state index contributed by atoms with van der Waals surface area (Å²) in [6.07, 6.45) is 2.13. The minimum absolute atomic E-state index is 0. The molecule has 7 nitrogen and oxygen atoms in total. The second kappa shape index (κ2) is 12.7. The Kier molecular flexibility index (Phi) is 10.4. The van der Waals surface area contributed by atoms with Crippen LogP contribution in [0.2, 0.25) is 0 Å². The first-order valence-corrected chi connectivity index (χ1v) is 10.7. The van der Waals surface area contributed by atoms with Gasteiger partial charge in [0.1, 0.15) is 0 Å². The number of likely N-dealkylation sites (tertiary alicyclic amines) is 1. The molecule has 0 radical (unpaired) electrons. The third-order valence-corrected chi connectivity index (χ3v) is 5.81. The molecule has 8 heteroatoms. The number of guanidine groups is 1. The number of halogens is 1. The first kappa shape index (κ1) is 26.1. The molecule has 176 valence electrons. The number of ether oxygens (including phenoxy) is 2. The number of rotatable bonds is 7. The van der Waals surface area contributed by atoms with E-state index in [1.54, 1.807) is 19.2 Å². The number of nitrogens with one attached hydrogen (secondary N) is 2. The van der Waals surface area contributed by atoms with Crippen LogP contribution in [0.4, 0.5) is 0 Å². The zero-order chi connectivity index (χ0) is 22.2. The van der Waals surface area contributed by atoms with Crippen LogP contribution in [0.3, 0.4) is 0 Å². The average Bonchev–Trinajstić information content (AvgIpc) is 2.79. The SMILES string of the molecule is CN=C(NCc1cc(OC)c(O)c(OC)c1)NC1CCN(Cc2ccccc2)C(C)C1.I. The van der Waals surface area contributed by atoms with Gasteiger partial charge in [-0.1, -0.05) is 30.3 Å². The van der Waals surface area contributed by atoms with Gasteiger partial charge in [-0.25, -0.2) is 0 Å². The molecular weight excluding hydrogens is 519 g/mol. The zero-order valence-electron chi connectivity index (χ0n) is 19.3. The van der Waals surface area contributed by atoms with E-state index in [0.717, 1.165) is 37.5 Å². The number of methoxy groups -OCH3 is 2. The van der Waals surface area contributed by atoms with Crippen LogP contribution in [0, 0.1) is 0 Å². The van der Waals surface area contributed by atoms with Gasteiger partial charge in [-0.2, -0.15) is 0 Å². The number of benzene rings is 2. The van der Waals surface area contributed by atoms with E-state index >= 15 is 0 Å². The van der Waals surface area contributed by atoms with Crippen molar-refractivity contribution in [3.05, 3.63) is 53.6 Å². The van der Waals surface area contributed by atoms with E-state index in [-0.39, 0.29) is 29.7 Å². The Balaban J connectivity index is 0.00000363. The smallest absolute Gasteiger partial charge is 0.200 e. The number of aliphatic imine (C=N–C) groups is 1. The molecule has 3 N–H and O–H groups in total. The minimum Gasteiger partial charge on any atom is -0.502 e. The lowest BCUT2D eigenvalue weighted by Crippen LogP contribution is -2.51. The molecule has 0 saturated carbocycles. The van der Waals surface area contributed by atoms with Crippen molar-refractivity contribution in [2.75, 3.05) is 27.8 Å². The molecule has 1 saturated heterocycles. The van der Waals surface area contributed by atoms with Gasteiger partial charge in [-0.3, -0.25) is 9.89 Å². The van der Waals surface area contributed by atoms with Crippen molar-refractivity contribution in [2.45, 2.75) is 44.9 Å². The van der Waals surface area contributed by atoms with Gasteiger partial charge in [0, 0.05) is 38.8 Å². The van der Waals surface area contributed by atoms with Crippen LogP contribution < -0.4 is 20.1 Å². The van der Waals surface area contributed by atoms with Crippen molar-refractivity contribution in [1.29, 1.82) is 0 Å². The van der Waals surface area contributed by atoms with Crippen molar-refractivity contribution >= 4 is 29.9 Å². The van der Waals surface area contributed by atoms with Gasteiger partial charge in [0.15, 0.2) is 17.5 Å². The quantitative estimate of drug-likeness (QED) is 0.275. The summed E-state index contributed by atoms with van der Waals surface area (Å²) >= 11 is 0. The number of hydrogen-bond donors (Lipinski definition) is 3. The normalized spacial score (nSPS) is 19.1. The first-order valence-electron chi connectivity index (χ1n) is 10.7. The molecule has 2 aromatic carbocycles. The Labute approximate surface area is 208 Å². The van der Waals surface area contributed by atoms with Crippen LogP contribution in [-0.2, 0) is 13.1 Å². The summed E-state index contributed by atoms with van der Waals surface area (Å²) in [6, 6.07) is 15.1. The van der Waals surface area contributed by atoms with Crippen molar-refractivity contribution in [1.82, 2.24) is 15.5 Å². The van der Waals surface area contributed by atoms with Crippen LogP contribution in [0.25, 0.3) is 0 Å². The van der Waals surface area contributed by atoms with E-state index in [2.05, 4.69) is 57.8 Å². The van der Waals surface area contributed by atoms with Gasteiger partial charge in [-0.05, 0) is 43.0 Å². The average molecular weight is 554 g/mol. The Morgan fingerprint density at radius 1 is 1.12 bits per heavy atom. The fourth-order valence-electron chi connectivity index (χ4n) is 4.03. The summed E-state index contributed by atoms with van der Waals surface area (Å²) in [6.45, 7) is 4.88. The topological polar surface area (TPSA) is 78.4 Å². The van der Waals surface area contributed by atoms with Crippen LogP contribution in [-0.4, -0.2) is 55.9 Å². The van der Waals surface area contributed by atoms with Crippen molar-refractivity contribution in [3.63, 3.8) is 0 Å². The highest BCUT2D eigenvalue weighted by atomic mass is 127. The summed E-state index contributed by atoms with van der Waals surface area (Å²) in [7, 11) is 4.83. The molecule has 0 bridgehead atoms. The van der Waals surface area contributed by atoms with Gasteiger partial charge >= 0.3 is 0 Å². The molecule has 1 fully saturated rings. The van der Waals surface area contributed by atoms with Crippen LogP contribution in [0.5, 0.6) is 17.2 Å². The maximum Gasteiger partial charge on any atom is 0.200 e. The molecule has 0 amide bonds. The van der Waals surface area contributed by atoms with Crippen molar-refractivity contribution in [3.8, 4) is 17.2 Å². The third-order valence-electron chi connectivity index (χ3n) is 5.81. The third kappa shape index (κ3) is 6.90. The molecule has 1 aliphatic rings. The number of nitrogens with zero attached hydrogens (tertiary/aromatic N) is 2. The van der Waals surface area contributed by atoms with Crippen molar-refractivity contribution < 1.29 is 14.6 Å². The Morgan fingerprint density at radius 2 is 1.78 bits per heavy atom. The maximum atomic E-state index is 10.1. The molecule has 2 aromatic rings. The molecule has 2 unspecified atom stereocenters. The standard InChI is InChI=1S/C24H34N4O3.HI/c1-17-12-20(10-11-28(17)16-18-8-6-5-7-9-18)27-24(25-2)26-15-19-13-21(30-3)23(29)22(14-19)31-4;/h5-9,13-14,17,20,29H,10-12,15-16H2,1-4H3,(H2,25,26,27);1H. The molecule has 1 heterocycles. The van der Waals surface area contributed by atoms with Gasteiger partial charge < -0.3 is 25.2 Å². The minimum atomic E-state index is 0. The van der Waals surface area contributed by atoms with E-state index in [1.165, 1.54) is 19.8 Å². The van der Waals surface area contributed by atoms with E-state index in [4.69, 9.17) is 9.47 Å². The summed E-state index contributed by atoms with van der Waals surface area (Å²) in [5.41, 5.74) is 2.29. The summed E-state index contributed by atoms with van der Waals surface area (Å²) in [5.74, 6) is 1.55. The molecular formula is C24H35IN4O3. The fourth-order valence-corrected chi connectivity index (χ4v) is 4.03. The molecule has 3 rings (SSSR count).